The minimum atomic E-state index is -3.30. The summed E-state index contributed by atoms with van der Waals surface area (Å²) >= 11 is 0. The summed E-state index contributed by atoms with van der Waals surface area (Å²) in [7, 11) is -3.30. The second kappa shape index (κ2) is 7.70. The molecule has 142 valence electrons. The maximum atomic E-state index is 12.1. The van der Waals surface area contributed by atoms with Crippen molar-refractivity contribution in [3.05, 3.63) is 18.3 Å². The van der Waals surface area contributed by atoms with E-state index in [2.05, 4.69) is 21.8 Å². The van der Waals surface area contributed by atoms with Gasteiger partial charge < -0.3 is 5.32 Å². The van der Waals surface area contributed by atoms with Gasteiger partial charge in [0, 0.05) is 19.0 Å². The molecular weight excluding hydrogens is 354 g/mol. The van der Waals surface area contributed by atoms with E-state index >= 15 is 0 Å². The third kappa shape index (κ3) is 4.20. The monoisotopic (exact) mass is 379 g/mol. The zero-order valence-electron chi connectivity index (χ0n) is 15.5. The van der Waals surface area contributed by atoms with E-state index in [0.717, 1.165) is 12.7 Å². The Labute approximate surface area is 154 Å². The van der Waals surface area contributed by atoms with Crippen molar-refractivity contribution in [1.29, 1.82) is 5.26 Å². The van der Waals surface area contributed by atoms with Crippen LogP contribution in [0.25, 0.3) is 0 Å². The number of carbonyl (C=O) groups is 1. The van der Waals surface area contributed by atoms with E-state index in [1.807, 2.05) is 13.8 Å². The molecule has 2 unspecified atom stereocenters. The molecule has 1 aromatic rings. The van der Waals surface area contributed by atoms with Crippen molar-refractivity contribution in [2.45, 2.75) is 50.2 Å². The number of hydrogen-bond donors (Lipinski definition) is 2. The summed E-state index contributed by atoms with van der Waals surface area (Å²) in [5, 5.41) is 14.5. The van der Waals surface area contributed by atoms with Gasteiger partial charge in [-0.2, -0.15) is 5.26 Å². The first-order valence-electron chi connectivity index (χ1n) is 8.49. The molecule has 0 aliphatic carbocycles. The zero-order valence-corrected chi connectivity index (χ0v) is 16.3. The summed E-state index contributed by atoms with van der Waals surface area (Å²) in [5.74, 6) is 0.451. The first-order chi connectivity index (χ1) is 12.1. The topological polar surface area (TPSA) is 115 Å². The fraction of sp³-hybridized carbons (Fsp3) is 0.588. The van der Waals surface area contributed by atoms with Crippen LogP contribution < -0.4 is 10.7 Å². The molecule has 0 aromatic carbocycles. The third-order valence-corrected chi connectivity index (χ3v) is 5.68. The highest BCUT2D eigenvalue weighted by Gasteiger charge is 2.46. The quantitative estimate of drug-likeness (QED) is 0.682. The zero-order chi connectivity index (χ0) is 19.5. The van der Waals surface area contributed by atoms with Gasteiger partial charge in [0.1, 0.15) is 5.82 Å². The van der Waals surface area contributed by atoms with E-state index in [9.17, 15) is 18.5 Å². The summed E-state index contributed by atoms with van der Waals surface area (Å²) < 4.78 is 23.1. The van der Waals surface area contributed by atoms with Crippen LogP contribution in [0.1, 0.15) is 33.6 Å². The molecule has 0 amide bonds. The van der Waals surface area contributed by atoms with Crippen LogP contribution in [0.2, 0.25) is 0 Å². The molecule has 2 rings (SSSR count). The van der Waals surface area contributed by atoms with Crippen LogP contribution >= 0.6 is 0 Å². The highest BCUT2D eigenvalue weighted by Crippen LogP contribution is 2.28. The Balaban J connectivity index is 2.17. The van der Waals surface area contributed by atoms with Crippen molar-refractivity contribution in [2.75, 3.05) is 18.1 Å². The standard InChI is InChI=1S/C17H25N5O3S/c1-12(2)16(20-15-7-6-14(10-19-15)26(4,24)25)21-22-9-5-8-17(22,11-18)13(3)23/h6-7,10,12,16,21H,5,8-9H2,1-4H3,(H,19,20). The second-order valence-electron chi connectivity index (χ2n) is 6.93. The predicted molar refractivity (Wildman–Crippen MR) is 97.7 cm³/mol. The van der Waals surface area contributed by atoms with E-state index in [1.54, 1.807) is 11.1 Å². The molecule has 0 spiro atoms. The Hall–Kier alpha value is -2.02. The van der Waals surface area contributed by atoms with Crippen LogP contribution in [0.5, 0.6) is 0 Å². The minimum absolute atomic E-state index is 0.121. The van der Waals surface area contributed by atoms with Gasteiger partial charge >= 0.3 is 0 Å². The summed E-state index contributed by atoms with van der Waals surface area (Å²) in [4.78, 5) is 16.4. The number of nitrogens with one attached hydrogen (secondary N) is 2. The average molecular weight is 379 g/mol. The molecule has 2 atom stereocenters. The van der Waals surface area contributed by atoms with Gasteiger partial charge in [0.25, 0.3) is 0 Å². The second-order valence-corrected chi connectivity index (χ2v) is 8.95. The molecule has 9 heteroatoms. The van der Waals surface area contributed by atoms with Gasteiger partial charge in [-0.25, -0.2) is 23.8 Å². The molecule has 1 fully saturated rings. The SMILES string of the molecule is CC(=O)C1(C#N)CCCN1NC(Nc1ccc(S(C)(=O)=O)cn1)C(C)C. The van der Waals surface area contributed by atoms with Crippen molar-refractivity contribution < 1.29 is 13.2 Å². The Morgan fingerprint density at radius 3 is 2.58 bits per heavy atom. The van der Waals surface area contributed by atoms with Crippen LogP contribution in [-0.2, 0) is 14.6 Å². The maximum Gasteiger partial charge on any atom is 0.180 e. The number of carbonyl (C=O) groups excluding carboxylic acids is 1. The summed E-state index contributed by atoms with van der Waals surface area (Å²) in [6.07, 6.45) is 3.41. The van der Waals surface area contributed by atoms with Gasteiger partial charge in [-0.15, -0.1) is 0 Å². The van der Waals surface area contributed by atoms with Gasteiger partial charge in [-0.1, -0.05) is 13.8 Å². The lowest BCUT2D eigenvalue weighted by atomic mass is 9.94. The van der Waals surface area contributed by atoms with Gasteiger partial charge in [0.15, 0.2) is 21.2 Å². The van der Waals surface area contributed by atoms with Crippen LogP contribution in [-0.4, -0.2) is 48.7 Å². The van der Waals surface area contributed by atoms with E-state index in [4.69, 9.17) is 0 Å². The molecule has 8 nitrogen and oxygen atoms in total. The Morgan fingerprint density at radius 1 is 1.42 bits per heavy atom. The number of nitriles is 1. The molecule has 1 aliphatic rings. The lowest BCUT2D eigenvalue weighted by molar-refractivity contribution is -0.126. The highest BCUT2D eigenvalue weighted by molar-refractivity contribution is 7.90. The number of hydrogen-bond acceptors (Lipinski definition) is 8. The Kier molecular flexibility index (Phi) is 6.01. The smallest absolute Gasteiger partial charge is 0.180 e. The van der Waals surface area contributed by atoms with Crippen LogP contribution in [0, 0.1) is 17.2 Å². The first kappa shape index (κ1) is 20.3. The normalized spacial score (nSPS) is 22.2. The highest BCUT2D eigenvalue weighted by atomic mass is 32.2. The maximum absolute atomic E-state index is 12.1. The van der Waals surface area contributed by atoms with Crippen LogP contribution in [0.4, 0.5) is 5.82 Å². The first-order valence-corrected chi connectivity index (χ1v) is 10.4. The number of anilines is 1. The summed E-state index contributed by atoms with van der Waals surface area (Å²) in [6, 6.07) is 5.25. The number of hydrazine groups is 1. The lowest BCUT2D eigenvalue weighted by Gasteiger charge is -2.36. The molecule has 1 saturated heterocycles. The van der Waals surface area contributed by atoms with Gasteiger partial charge in [0.05, 0.1) is 17.1 Å². The molecule has 1 aromatic heterocycles. The van der Waals surface area contributed by atoms with Gasteiger partial charge in [0.2, 0.25) is 0 Å². The largest absolute Gasteiger partial charge is 0.353 e. The molecule has 2 heterocycles. The van der Waals surface area contributed by atoms with E-state index in [1.165, 1.54) is 19.2 Å². The fourth-order valence-corrected chi connectivity index (χ4v) is 3.47. The van der Waals surface area contributed by atoms with Gasteiger partial charge in [-0.3, -0.25) is 4.79 Å². The lowest BCUT2D eigenvalue weighted by Crippen LogP contribution is -2.60. The van der Waals surface area contributed by atoms with E-state index in [0.29, 0.717) is 18.8 Å². The van der Waals surface area contributed by atoms with Crippen LogP contribution in [0.3, 0.4) is 0 Å². The molecule has 0 saturated carbocycles. The Morgan fingerprint density at radius 2 is 2.12 bits per heavy atom. The molecule has 0 radical (unpaired) electrons. The molecule has 1 aliphatic heterocycles. The summed E-state index contributed by atoms with van der Waals surface area (Å²) in [5.41, 5.74) is 2.10. The third-order valence-electron chi connectivity index (χ3n) is 4.58. The molecule has 2 N–H and O–H groups in total. The predicted octanol–water partition coefficient (Wildman–Crippen LogP) is 1.33. The molecule has 26 heavy (non-hydrogen) atoms. The number of aromatic nitrogens is 1. The number of sulfone groups is 1. The molecular formula is C17H25N5O3S. The van der Waals surface area contributed by atoms with Crippen molar-refractivity contribution >= 4 is 21.4 Å². The number of nitrogens with zero attached hydrogens (tertiary/aromatic N) is 3. The number of ketones is 1. The summed E-state index contributed by atoms with van der Waals surface area (Å²) in [6.45, 7) is 6.02. The van der Waals surface area contributed by atoms with Gasteiger partial charge in [-0.05, 0) is 37.8 Å². The van der Waals surface area contributed by atoms with Crippen molar-refractivity contribution in [2.24, 2.45) is 5.92 Å². The number of rotatable bonds is 7. The van der Waals surface area contributed by atoms with Crippen molar-refractivity contribution in [3.63, 3.8) is 0 Å². The molecule has 0 bridgehead atoms. The van der Waals surface area contributed by atoms with Crippen LogP contribution in [0.15, 0.2) is 23.2 Å². The van der Waals surface area contributed by atoms with E-state index in [-0.39, 0.29) is 22.8 Å². The fourth-order valence-electron chi connectivity index (χ4n) is 2.91. The Bertz CT molecular complexity index is 801. The van der Waals surface area contributed by atoms with Crippen molar-refractivity contribution in [1.82, 2.24) is 15.4 Å². The van der Waals surface area contributed by atoms with E-state index < -0.39 is 15.4 Å². The minimum Gasteiger partial charge on any atom is -0.353 e. The number of Topliss-reactive ketones (excluding diaryl/α,β-unsaturated/α-hetero) is 1. The number of pyridine rings is 1. The average Bonchev–Trinajstić information content (AvgIpc) is 2.97. The van der Waals surface area contributed by atoms with Crippen molar-refractivity contribution in [3.8, 4) is 6.07 Å².